The molecule has 3 heteroatoms. The van der Waals surface area contributed by atoms with E-state index in [2.05, 4.69) is 24.1 Å². The maximum atomic E-state index is 5.52. The van der Waals surface area contributed by atoms with Gasteiger partial charge >= 0.3 is 0 Å². The van der Waals surface area contributed by atoms with Crippen molar-refractivity contribution in [3.63, 3.8) is 0 Å². The summed E-state index contributed by atoms with van der Waals surface area (Å²) in [5.41, 5.74) is 6.77. The van der Waals surface area contributed by atoms with Crippen LogP contribution in [0.25, 0.3) is 0 Å². The molecule has 0 aliphatic heterocycles. The standard InChI is InChI=1S/C10H17N3/c1-8(7-11)13-9(2)10-3-5-12-6-4-10/h3-6,8-9,13H,7,11H2,1-2H3. The molecule has 1 aromatic heterocycles. The Hall–Kier alpha value is -0.930. The number of nitrogens with two attached hydrogens (primary N) is 1. The summed E-state index contributed by atoms with van der Waals surface area (Å²) in [7, 11) is 0. The fourth-order valence-electron chi connectivity index (χ4n) is 1.24. The van der Waals surface area contributed by atoms with Crippen LogP contribution >= 0.6 is 0 Å². The molecule has 1 heterocycles. The number of hydrogen-bond donors (Lipinski definition) is 2. The van der Waals surface area contributed by atoms with Gasteiger partial charge in [-0.05, 0) is 31.5 Å². The summed E-state index contributed by atoms with van der Waals surface area (Å²) in [4.78, 5) is 3.97. The second kappa shape index (κ2) is 4.94. The van der Waals surface area contributed by atoms with Crippen molar-refractivity contribution in [1.29, 1.82) is 0 Å². The normalized spacial score (nSPS) is 15.3. The average Bonchev–Trinajstić information content (AvgIpc) is 2.19. The van der Waals surface area contributed by atoms with Gasteiger partial charge in [-0.1, -0.05) is 0 Å². The number of aromatic nitrogens is 1. The minimum atomic E-state index is 0.335. The van der Waals surface area contributed by atoms with E-state index in [0.717, 1.165) is 0 Å². The molecule has 13 heavy (non-hydrogen) atoms. The van der Waals surface area contributed by atoms with E-state index in [0.29, 0.717) is 18.6 Å². The smallest absolute Gasteiger partial charge is 0.0295 e. The highest BCUT2D eigenvalue weighted by molar-refractivity contribution is 5.14. The van der Waals surface area contributed by atoms with Crippen molar-refractivity contribution in [1.82, 2.24) is 10.3 Å². The molecule has 0 bridgehead atoms. The van der Waals surface area contributed by atoms with Crippen molar-refractivity contribution in [2.24, 2.45) is 5.73 Å². The number of hydrogen-bond acceptors (Lipinski definition) is 3. The molecular formula is C10H17N3. The molecule has 1 rings (SSSR count). The summed E-state index contributed by atoms with van der Waals surface area (Å²) in [6.07, 6.45) is 3.61. The Bertz CT molecular complexity index is 235. The first-order valence-corrected chi connectivity index (χ1v) is 4.60. The highest BCUT2D eigenvalue weighted by Crippen LogP contribution is 2.10. The molecule has 0 aromatic carbocycles. The zero-order valence-corrected chi connectivity index (χ0v) is 8.20. The summed E-state index contributed by atoms with van der Waals surface area (Å²) < 4.78 is 0. The average molecular weight is 179 g/mol. The van der Waals surface area contributed by atoms with Crippen molar-refractivity contribution in [2.45, 2.75) is 25.9 Å². The summed E-state index contributed by atoms with van der Waals surface area (Å²) in [5.74, 6) is 0. The first kappa shape index (κ1) is 10.2. The molecule has 0 fully saturated rings. The van der Waals surface area contributed by atoms with Crippen molar-refractivity contribution >= 4 is 0 Å². The maximum absolute atomic E-state index is 5.52. The van der Waals surface area contributed by atoms with Crippen LogP contribution in [0.15, 0.2) is 24.5 Å². The second-order valence-corrected chi connectivity index (χ2v) is 3.31. The van der Waals surface area contributed by atoms with Gasteiger partial charge in [0.2, 0.25) is 0 Å². The summed E-state index contributed by atoms with van der Waals surface area (Å²) in [5, 5.41) is 3.39. The first-order valence-electron chi connectivity index (χ1n) is 4.60. The molecule has 0 aliphatic carbocycles. The molecule has 2 unspecified atom stereocenters. The van der Waals surface area contributed by atoms with Crippen LogP contribution in [0.4, 0.5) is 0 Å². The van der Waals surface area contributed by atoms with Crippen LogP contribution < -0.4 is 11.1 Å². The van der Waals surface area contributed by atoms with E-state index >= 15 is 0 Å². The Morgan fingerprint density at radius 2 is 2.00 bits per heavy atom. The molecule has 3 nitrogen and oxygen atoms in total. The lowest BCUT2D eigenvalue weighted by atomic mass is 10.1. The zero-order valence-electron chi connectivity index (χ0n) is 8.20. The number of rotatable bonds is 4. The second-order valence-electron chi connectivity index (χ2n) is 3.31. The van der Waals surface area contributed by atoms with Gasteiger partial charge in [-0.3, -0.25) is 4.98 Å². The van der Waals surface area contributed by atoms with Gasteiger partial charge < -0.3 is 11.1 Å². The fraction of sp³-hybridized carbons (Fsp3) is 0.500. The lowest BCUT2D eigenvalue weighted by Crippen LogP contribution is -2.34. The monoisotopic (exact) mass is 179 g/mol. The molecule has 0 amide bonds. The number of nitrogens with zero attached hydrogens (tertiary/aromatic N) is 1. The highest BCUT2D eigenvalue weighted by Gasteiger charge is 2.06. The van der Waals surface area contributed by atoms with Crippen LogP contribution in [0, 0.1) is 0 Å². The van der Waals surface area contributed by atoms with Crippen molar-refractivity contribution in [3.05, 3.63) is 30.1 Å². The van der Waals surface area contributed by atoms with E-state index in [1.807, 2.05) is 12.1 Å². The predicted octanol–water partition coefficient (Wildman–Crippen LogP) is 1.08. The Morgan fingerprint density at radius 3 is 2.54 bits per heavy atom. The molecule has 1 aromatic rings. The Labute approximate surface area is 79.4 Å². The third-order valence-corrected chi connectivity index (χ3v) is 2.09. The zero-order chi connectivity index (χ0) is 9.68. The van der Waals surface area contributed by atoms with Crippen LogP contribution in [-0.2, 0) is 0 Å². The minimum Gasteiger partial charge on any atom is -0.329 e. The largest absolute Gasteiger partial charge is 0.329 e. The van der Waals surface area contributed by atoms with Gasteiger partial charge in [-0.15, -0.1) is 0 Å². The van der Waals surface area contributed by atoms with Crippen molar-refractivity contribution in [3.8, 4) is 0 Å². The van der Waals surface area contributed by atoms with Gasteiger partial charge in [0, 0.05) is 31.0 Å². The molecular weight excluding hydrogens is 162 g/mol. The lowest BCUT2D eigenvalue weighted by Gasteiger charge is -2.18. The van der Waals surface area contributed by atoms with Crippen LogP contribution in [0.3, 0.4) is 0 Å². The van der Waals surface area contributed by atoms with E-state index in [1.165, 1.54) is 5.56 Å². The van der Waals surface area contributed by atoms with E-state index in [1.54, 1.807) is 12.4 Å². The molecule has 2 atom stereocenters. The number of nitrogens with one attached hydrogen (secondary N) is 1. The molecule has 72 valence electrons. The third-order valence-electron chi connectivity index (χ3n) is 2.09. The van der Waals surface area contributed by atoms with Gasteiger partial charge in [0.15, 0.2) is 0 Å². The van der Waals surface area contributed by atoms with Gasteiger partial charge in [0.25, 0.3) is 0 Å². The summed E-state index contributed by atoms with van der Waals surface area (Å²) in [6, 6.07) is 4.71. The van der Waals surface area contributed by atoms with Gasteiger partial charge in [-0.25, -0.2) is 0 Å². The van der Waals surface area contributed by atoms with Crippen LogP contribution in [0.2, 0.25) is 0 Å². The van der Waals surface area contributed by atoms with Crippen LogP contribution in [-0.4, -0.2) is 17.6 Å². The third kappa shape index (κ3) is 3.13. The van der Waals surface area contributed by atoms with E-state index in [4.69, 9.17) is 5.73 Å². The topological polar surface area (TPSA) is 50.9 Å². The molecule has 3 N–H and O–H groups in total. The van der Waals surface area contributed by atoms with Crippen LogP contribution in [0.5, 0.6) is 0 Å². The van der Waals surface area contributed by atoms with E-state index < -0.39 is 0 Å². The maximum Gasteiger partial charge on any atom is 0.0295 e. The Balaban J connectivity index is 2.53. The van der Waals surface area contributed by atoms with E-state index in [9.17, 15) is 0 Å². The number of pyridine rings is 1. The molecule has 0 spiro atoms. The van der Waals surface area contributed by atoms with Gasteiger partial charge in [0.05, 0.1) is 0 Å². The Kier molecular flexibility index (Phi) is 3.86. The summed E-state index contributed by atoms with van der Waals surface area (Å²) in [6.45, 7) is 4.87. The highest BCUT2D eigenvalue weighted by atomic mass is 15.0. The predicted molar refractivity (Wildman–Crippen MR) is 54.3 cm³/mol. The van der Waals surface area contributed by atoms with E-state index in [-0.39, 0.29) is 0 Å². The van der Waals surface area contributed by atoms with Crippen molar-refractivity contribution in [2.75, 3.05) is 6.54 Å². The lowest BCUT2D eigenvalue weighted by molar-refractivity contribution is 0.485. The fourth-order valence-corrected chi connectivity index (χ4v) is 1.24. The van der Waals surface area contributed by atoms with Crippen molar-refractivity contribution < 1.29 is 0 Å². The SMILES string of the molecule is CC(CN)NC(C)c1ccncc1. The molecule has 0 aliphatic rings. The van der Waals surface area contributed by atoms with Gasteiger partial charge in [-0.2, -0.15) is 0 Å². The molecule has 0 saturated carbocycles. The van der Waals surface area contributed by atoms with Gasteiger partial charge in [0.1, 0.15) is 0 Å². The minimum absolute atomic E-state index is 0.335. The quantitative estimate of drug-likeness (QED) is 0.727. The molecule has 0 radical (unpaired) electrons. The molecule has 0 saturated heterocycles. The summed E-state index contributed by atoms with van der Waals surface area (Å²) >= 11 is 0. The first-order chi connectivity index (χ1) is 6.24. The van der Waals surface area contributed by atoms with Crippen LogP contribution in [0.1, 0.15) is 25.5 Å². The Morgan fingerprint density at radius 1 is 1.38 bits per heavy atom.